The second-order valence-corrected chi connectivity index (χ2v) is 7.44. The van der Waals surface area contributed by atoms with E-state index in [-0.39, 0.29) is 12.1 Å². The first-order chi connectivity index (χ1) is 13.5. The molecular formula is C21H17N3O3S. The molecule has 2 amide bonds. The van der Waals surface area contributed by atoms with E-state index in [1.807, 2.05) is 41.3 Å². The van der Waals surface area contributed by atoms with Crippen LogP contribution in [0.4, 0.5) is 0 Å². The van der Waals surface area contributed by atoms with Crippen LogP contribution in [-0.4, -0.2) is 27.8 Å². The van der Waals surface area contributed by atoms with E-state index in [4.69, 9.17) is 4.42 Å². The molecular weight excluding hydrogens is 374 g/mol. The molecule has 0 aromatic carbocycles. The number of hydrogen-bond acceptors (Lipinski definition) is 5. The summed E-state index contributed by atoms with van der Waals surface area (Å²) in [5.41, 5.74) is 3.35. The summed E-state index contributed by atoms with van der Waals surface area (Å²) in [4.78, 5) is 27.2. The van der Waals surface area contributed by atoms with Gasteiger partial charge in [-0.2, -0.15) is 5.26 Å². The molecule has 1 aliphatic rings. The Balaban J connectivity index is 1.81. The van der Waals surface area contributed by atoms with Crippen LogP contribution in [0.5, 0.6) is 0 Å². The van der Waals surface area contributed by atoms with Gasteiger partial charge >= 0.3 is 0 Å². The number of nitrogens with zero attached hydrogens (tertiary/aromatic N) is 3. The van der Waals surface area contributed by atoms with Crippen LogP contribution in [0.1, 0.15) is 19.6 Å². The van der Waals surface area contributed by atoms with Crippen LogP contribution in [0.15, 0.2) is 50.8 Å². The summed E-state index contributed by atoms with van der Waals surface area (Å²) in [6.45, 7) is 3.53. The van der Waals surface area contributed by atoms with E-state index < -0.39 is 11.8 Å². The Bertz CT molecular complexity index is 1220. The zero-order valence-electron chi connectivity index (χ0n) is 15.6. The van der Waals surface area contributed by atoms with E-state index in [0.29, 0.717) is 22.5 Å². The van der Waals surface area contributed by atoms with Gasteiger partial charge in [0.15, 0.2) is 5.58 Å². The van der Waals surface area contributed by atoms with Crippen molar-refractivity contribution < 1.29 is 14.0 Å². The topological polar surface area (TPSA) is 79.2 Å². The molecule has 0 N–H and O–H groups in total. The van der Waals surface area contributed by atoms with E-state index in [2.05, 4.69) is 6.07 Å². The molecule has 4 heterocycles. The molecule has 28 heavy (non-hydrogen) atoms. The van der Waals surface area contributed by atoms with E-state index >= 15 is 0 Å². The fourth-order valence-electron chi connectivity index (χ4n) is 3.42. The number of thiophene rings is 1. The van der Waals surface area contributed by atoms with Crippen LogP contribution in [0.25, 0.3) is 27.7 Å². The predicted molar refractivity (Wildman–Crippen MR) is 107 cm³/mol. The van der Waals surface area contributed by atoms with Crippen molar-refractivity contribution in [1.29, 1.82) is 5.26 Å². The third kappa shape index (κ3) is 2.62. The van der Waals surface area contributed by atoms with E-state index in [0.717, 1.165) is 21.0 Å². The van der Waals surface area contributed by atoms with Crippen molar-refractivity contribution in [2.75, 3.05) is 6.54 Å². The van der Waals surface area contributed by atoms with Crippen LogP contribution in [0.3, 0.4) is 0 Å². The Labute approximate surface area is 165 Å². The van der Waals surface area contributed by atoms with E-state index in [9.17, 15) is 14.9 Å². The monoisotopic (exact) mass is 391 g/mol. The quantitative estimate of drug-likeness (QED) is 0.497. The minimum Gasteiger partial charge on any atom is -0.455 e. The lowest BCUT2D eigenvalue weighted by atomic mass is 9.95. The molecule has 0 bridgehead atoms. The zero-order chi connectivity index (χ0) is 20.0. The lowest BCUT2D eigenvalue weighted by molar-refractivity contribution is -0.140. The first-order valence-electron chi connectivity index (χ1n) is 8.78. The molecule has 0 radical (unpaired) electrons. The highest BCUT2D eigenvalue weighted by atomic mass is 32.1. The fraction of sp³-hybridized carbons (Fsp3) is 0.190. The largest absolute Gasteiger partial charge is 0.455 e. The van der Waals surface area contributed by atoms with Gasteiger partial charge in [-0.05, 0) is 36.9 Å². The standard InChI is InChI=1S/C21H17N3O3S/c1-4-24-20(25)14(12(2)15(11-22)21(24)26)8-13-9-16-18(27-13)10-17(23(16)3)19-6-5-7-28-19/h5-10H,4H2,1-3H3/b14-8-. The number of furan rings is 1. The smallest absolute Gasteiger partial charge is 0.271 e. The van der Waals surface area contributed by atoms with Gasteiger partial charge in [0.2, 0.25) is 0 Å². The molecule has 4 rings (SSSR count). The van der Waals surface area contributed by atoms with Gasteiger partial charge in [-0.1, -0.05) is 6.07 Å². The maximum absolute atomic E-state index is 12.7. The highest BCUT2D eigenvalue weighted by molar-refractivity contribution is 7.13. The van der Waals surface area contributed by atoms with Crippen LogP contribution >= 0.6 is 11.3 Å². The summed E-state index contributed by atoms with van der Waals surface area (Å²) in [5, 5.41) is 11.4. The molecule has 0 saturated carbocycles. The third-order valence-electron chi connectivity index (χ3n) is 4.95. The number of hydrogen-bond donors (Lipinski definition) is 0. The van der Waals surface area contributed by atoms with Crippen LogP contribution < -0.4 is 0 Å². The molecule has 140 valence electrons. The lowest BCUT2D eigenvalue weighted by Gasteiger charge is -2.25. The van der Waals surface area contributed by atoms with Gasteiger partial charge < -0.3 is 8.98 Å². The molecule has 0 unspecified atom stereocenters. The molecule has 0 aliphatic carbocycles. The lowest BCUT2D eigenvalue weighted by Crippen LogP contribution is -2.42. The average molecular weight is 391 g/mol. The third-order valence-corrected chi connectivity index (χ3v) is 5.84. The number of carbonyl (C=O) groups excluding carboxylic acids is 2. The molecule has 3 aromatic rings. The molecule has 0 spiro atoms. The predicted octanol–water partition coefficient (Wildman–Crippen LogP) is 4.11. The highest BCUT2D eigenvalue weighted by Crippen LogP contribution is 2.33. The zero-order valence-corrected chi connectivity index (χ0v) is 16.5. The van der Waals surface area contributed by atoms with Crippen LogP contribution in [0, 0.1) is 11.3 Å². The first-order valence-corrected chi connectivity index (χ1v) is 9.66. The number of carbonyl (C=O) groups is 2. The first kappa shape index (κ1) is 18.0. The molecule has 6 nitrogen and oxygen atoms in total. The van der Waals surface area contributed by atoms with Crippen molar-refractivity contribution in [3.63, 3.8) is 0 Å². The summed E-state index contributed by atoms with van der Waals surface area (Å²) < 4.78 is 7.98. The summed E-state index contributed by atoms with van der Waals surface area (Å²) >= 11 is 1.65. The van der Waals surface area contributed by atoms with Gasteiger partial charge in [0.05, 0.1) is 16.1 Å². The fourth-order valence-corrected chi connectivity index (χ4v) is 4.20. The maximum Gasteiger partial charge on any atom is 0.271 e. The number of aromatic nitrogens is 1. The van der Waals surface area contributed by atoms with Crippen molar-refractivity contribution in [1.82, 2.24) is 9.47 Å². The second kappa shape index (κ2) is 6.66. The van der Waals surface area contributed by atoms with Gasteiger partial charge in [-0.3, -0.25) is 14.5 Å². The number of imide groups is 1. The van der Waals surface area contributed by atoms with Crippen LogP contribution in [-0.2, 0) is 16.6 Å². The molecule has 0 fully saturated rings. The molecule has 0 saturated heterocycles. The summed E-state index contributed by atoms with van der Waals surface area (Å²) in [5.74, 6) is -0.456. The molecule has 7 heteroatoms. The SMILES string of the molecule is CCN1C(=O)C(C#N)=C(C)/C(=C/c2cc3c(cc(-c4cccs4)n3C)o2)C1=O. The van der Waals surface area contributed by atoms with Crippen molar-refractivity contribution >= 4 is 40.3 Å². The minimum absolute atomic E-state index is 0.0104. The van der Waals surface area contributed by atoms with Gasteiger partial charge in [0, 0.05) is 31.3 Å². The molecule has 0 atom stereocenters. The van der Waals surface area contributed by atoms with Crippen molar-refractivity contribution in [2.24, 2.45) is 7.05 Å². The Kier molecular flexibility index (Phi) is 4.28. The minimum atomic E-state index is -0.546. The number of aryl methyl sites for hydroxylation is 1. The van der Waals surface area contributed by atoms with Crippen molar-refractivity contribution in [3.8, 4) is 16.6 Å². The van der Waals surface area contributed by atoms with Crippen molar-refractivity contribution in [2.45, 2.75) is 13.8 Å². The van der Waals surface area contributed by atoms with Gasteiger partial charge in [0.25, 0.3) is 11.8 Å². The van der Waals surface area contributed by atoms with Crippen molar-refractivity contribution in [3.05, 3.63) is 52.1 Å². The molecule has 3 aromatic heterocycles. The Morgan fingerprint density at radius 1 is 1.29 bits per heavy atom. The Morgan fingerprint density at radius 3 is 2.68 bits per heavy atom. The van der Waals surface area contributed by atoms with Gasteiger partial charge in [-0.15, -0.1) is 11.3 Å². The number of fused-ring (bicyclic) bond motifs is 1. The number of likely N-dealkylation sites (N-methyl/N-ethyl adjacent to an activating group) is 1. The van der Waals surface area contributed by atoms with Gasteiger partial charge in [0.1, 0.15) is 17.4 Å². The number of rotatable bonds is 3. The van der Waals surface area contributed by atoms with E-state index in [1.165, 1.54) is 0 Å². The normalized spacial score (nSPS) is 16.5. The van der Waals surface area contributed by atoms with Crippen LogP contribution in [0.2, 0.25) is 0 Å². The van der Waals surface area contributed by atoms with E-state index in [1.54, 1.807) is 31.3 Å². The Hall–Kier alpha value is -3.37. The summed E-state index contributed by atoms with van der Waals surface area (Å²) in [6, 6.07) is 9.80. The Morgan fingerprint density at radius 2 is 2.07 bits per heavy atom. The summed E-state index contributed by atoms with van der Waals surface area (Å²) in [7, 11) is 1.96. The summed E-state index contributed by atoms with van der Waals surface area (Å²) in [6.07, 6.45) is 1.61. The highest BCUT2D eigenvalue weighted by Gasteiger charge is 2.34. The average Bonchev–Trinajstić information content (AvgIpc) is 3.38. The second-order valence-electron chi connectivity index (χ2n) is 6.49. The maximum atomic E-state index is 12.7. The molecule has 1 aliphatic heterocycles. The number of nitriles is 1. The van der Waals surface area contributed by atoms with Gasteiger partial charge in [-0.25, -0.2) is 0 Å². The number of amides is 2.